The first-order valence-corrected chi connectivity index (χ1v) is 4.83. The standard InChI is InChI=1S/C13H13NO/c1-9-4-2-3-5-11(9)12-8-10(14)6-7-13(12)15/h2-8,15H,14H2,1H3. The maximum Gasteiger partial charge on any atom is 0.123 e. The zero-order valence-electron chi connectivity index (χ0n) is 8.57. The summed E-state index contributed by atoms with van der Waals surface area (Å²) in [6.45, 7) is 2.01. The first-order chi connectivity index (χ1) is 7.18. The van der Waals surface area contributed by atoms with Crippen molar-refractivity contribution in [2.75, 3.05) is 5.73 Å². The SMILES string of the molecule is Cc1ccccc1-c1cc(N)ccc1O. The molecule has 2 nitrogen and oxygen atoms in total. The molecule has 0 atom stereocenters. The van der Waals surface area contributed by atoms with E-state index >= 15 is 0 Å². The number of phenols is 1. The third-order valence-corrected chi connectivity index (χ3v) is 2.46. The number of hydrogen-bond donors (Lipinski definition) is 2. The molecule has 2 rings (SSSR count). The molecule has 0 spiro atoms. The molecule has 2 heteroatoms. The molecule has 0 bridgehead atoms. The first-order valence-electron chi connectivity index (χ1n) is 4.83. The van der Waals surface area contributed by atoms with Crippen molar-refractivity contribution in [3.05, 3.63) is 48.0 Å². The van der Waals surface area contributed by atoms with Crippen molar-refractivity contribution < 1.29 is 5.11 Å². The Labute approximate surface area is 89.0 Å². The normalized spacial score (nSPS) is 10.2. The second kappa shape index (κ2) is 3.65. The van der Waals surface area contributed by atoms with Crippen LogP contribution in [0.25, 0.3) is 11.1 Å². The summed E-state index contributed by atoms with van der Waals surface area (Å²) in [6.07, 6.45) is 0. The van der Waals surface area contributed by atoms with Crippen LogP contribution in [0.4, 0.5) is 5.69 Å². The molecule has 0 saturated carbocycles. The molecular weight excluding hydrogens is 186 g/mol. The molecule has 0 saturated heterocycles. The van der Waals surface area contributed by atoms with E-state index in [2.05, 4.69) is 0 Å². The minimum atomic E-state index is 0.263. The van der Waals surface area contributed by atoms with Gasteiger partial charge >= 0.3 is 0 Å². The molecule has 2 aromatic rings. The van der Waals surface area contributed by atoms with Gasteiger partial charge in [-0.2, -0.15) is 0 Å². The fourth-order valence-electron chi connectivity index (χ4n) is 1.64. The van der Waals surface area contributed by atoms with Gasteiger partial charge in [0, 0.05) is 11.3 Å². The van der Waals surface area contributed by atoms with Crippen molar-refractivity contribution in [2.24, 2.45) is 0 Å². The number of nitrogen functional groups attached to an aromatic ring is 1. The summed E-state index contributed by atoms with van der Waals surface area (Å²) in [5, 5.41) is 9.76. The molecule has 2 aromatic carbocycles. The lowest BCUT2D eigenvalue weighted by molar-refractivity contribution is 0.477. The van der Waals surface area contributed by atoms with Gasteiger partial charge in [-0.15, -0.1) is 0 Å². The van der Waals surface area contributed by atoms with Crippen molar-refractivity contribution in [3.8, 4) is 16.9 Å². The molecule has 0 fully saturated rings. The quantitative estimate of drug-likeness (QED) is 0.548. The molecule has 0 radical (unpaired) electrons. The zero-order chi connectivity index (χ0) is 10.8. The lowest BCUT2D eigenvalue weighted by atomic mass is 9.99. The van der Waals surface area contributed by atoms with Crippen molar-refractivity contribution in [3.63, 3.8) is 0 Å². The van der Waals surface area contributed by atoms with Crippen LogP contribution in [-0.4, -0.2) is 5.11 Å². The van der Waals surface area contributed by atoms with Crippen LogP contribution in [0.2, 0.25) is 0 Å². The van der Waals surface area contributed by atoms with Gasteiger partial charge in [0.1, 0.15) is 5.75 Å². The van der Waals surface area contributed by atoms with Gasteiger partial charge < -0.3 is 10.8 Å². The molecule has 0 aliphatic rings. The summed E-state index contributed by atoms with van der Waals surface area (Å²) in [5.74, 6) is 0.263. The molecule has 15 heavy (non-hydrogen) atoms. The highest BCUT2D eigenvalue weighted by Gasteiger charge is 2.06. The molecule has 0 aromatic heterocycles. The minimum absolute atomic E-state index is 0.263. The van der Waals surface area contributed by atoms with Crippen molar-refractivity contribution >= 4 is 5.69 Å². The third-order valence-electron chi connectivity index (χ3n) is 2.46. The van der Waals surface area contributed by atoms with Crippen molar-refractivity contribution in [2.45, 2.75) is 6.92 Å². The maximum atomic E-state index is 9.76. The average Bonchev–Trinajstić information content (AvgIpc) is 2.23. The van der Waals surface area contributed by atoms with Gasteiger partial charge in [-0.05, 0) is 36.2 Å². The van der Waals surface area contributed by atoms with Gasteiger partial charge in [-0.3, -0.25) is 0 Å². The summed E-state index contributed by atoms with van der Waals surface area (Å²) in [6, 6.07) is 13.0. The van der Waals surface area contributed by atoms with E-state index in [0.717, 1.165) is 16.7 Å². The fourth-order valence-corrected chi connectivity index (χ4v) is 1.64. The van der Waals surface area contributed by atoms with Gasteiger partial charge in [0.25, 0.3) is 0 Å². The Hall–Kier alpha value is -1.96. The summed E-state index contributed by atoms with van der Waals surface area (Å²) in [5.41, 5.74) is 9.29. The average molecular weight is 199 g/mol. The molecule has 0 unspecified atom stereocenters. The second-order valence-corrected chi connectivity index (χ2v) is 3.59. The first kappa shape index (κ1) is 9.59. The Morgan fingerprint density at radius 2 is 1.73 bits per heavy atom. The van der Waals surface area contributed by atoms with Crippen LogP contribution >= 0.6 is 0 Å². The Balaban J connectivity index is 2.64. The van der Waals surface area contributed by atoms with E-state index in [1.807, 2.05) is 31.2 Å². The van der Waals surface area contributed by atoms with Crippen molar-refractivity contribution in [1.82, 2.24) is 0 Å². The number of aryl methyl sites for hydroxylation is 1. The molecular formula is C13H13NO. The number of hydrogen-bond acceptors (Lipinski definition) is 2. The molecule has 0 aliphatic heterocycles. The van der Waals surface area contributed by atoms with E-state index < -0.39 is 0 Å². The lowest BCUT2D eigenvalue weighted by Crippen LogP contribution is -1.88. The summed E-state index contributed by atoms with van der Waals surface area (Å²) in [4.78, 5) is 0. The largest absolute Gasteiger partial charge is 0.507 e. The molecule has 0 aliphatic carbocycles. The molecule has 3 N–H and O–H groups in total. The monoisotopic (exact) mass is 199 g/mol. The van der Waals surface area contributed by atoms with E-state index in [4.69, 9.17) is 5.73 Å². The highest BCUT2D eigenvalue weighted by atomic mass is 16.3. The van der Waals surface area contributed by atoms with Crippen LogP contribution < -0.4 is 5.73 Å². The number of anilines is 1. The van der Waals surface area contributed by atoms with Gasteiger partial charge in [0.05, 0.1) is 0 Å². The van der Waals surface area contributed by atoms with Crippen LogP contribution in [0, 0.1) is 6.92 Å². The number of nitrogens with two attached hydrogens (primary N) is 1. The number of benzene rings is 2. The molecule has 0 heterocycles. The third kappa shape index (κ3) is 1.79. The van der Waals surface area contributed by atoms with Crippen LogP contribution in [0.5, 0.6) is 5.75 Å². The summed E-state index contributed by atoms with van der Waals surface area (Å²) < 4.78 is 0. The predicted molar refractivity (Wildman–Crippen MR) is 62.7 cm³/mol. The predicted octanol–water partition coefficient (Wildman–Crippen LogP) is 2.95. The molecule has 0 amide bonds. The summed E-state index contributed by atoms with van der Waals surface area (Å²) >= 11 is 0. The van der Waals surface area contributed by atoms with E-state index in [-0.39, 0.29) is 5.75 Å². The highest BCUT2D eigenvalue weighted by molar-refractivity contribution is 5.75. The molecule has 76 valence electrons. The van der Waals surface area contributed by atoms with E-state index in [0.29, 0.717) is 5.69 Å². The maximum absolute atomic E-state index is 9.76. The zero-order valence-corrected chi connectivity index (χ0v) is 8.57. The van der Waals surface area contributed by atoms with Gasteiger partial charge in [-0.25, -0.2) is 0 Å². The highest BCUT2D eigenvalue weighted by Crippen LogP contribution is 2.32. The van der Waals surface area contributed by atoms with Crippen LogP contribution in [-0.2, 0) is 0 Å². The van der Waals surface area contributed by atoms with Crippen molar-refractivity contribution in [1.29, 1.82) is 0 Å². The Morgan fingerprint density at radius 3 is 2.47 bits per heavy atom. The second-order valence-electron chi connectivity index (χ2n) is 3.59. The number of phenolic OH excluding ortho intramolecular Hbond substituents is 1. The van der Waals surface area contributed by atoms with Gasteiger partial charge in [0.2, 0.25) is 0 Å². The Kier molecular flexibility index (Phi) is 2.34. The Bertz CT molecular complexity index is 492. The van der Waals surface area contributed by atoms with E-state index in [9.17, 15) is 5.11 Å². The van der Waals surface area contributed by atoms with E-state index in [1.165, 1.54) is 0 Å². The van der Waals surface area contributed by atoms with Crippen LogP contribution in [0.15, 0.2) is 42.5 Å². The Morgan fingerprint density at radius 1 is 1.00 bits per heavy atom. The topological polar surface area (TPSA) is 46.2 Å². The van der Waals surface area contributed by atoms with Gasteiger partial charge in [-0.1, -0.05) is 24.3 Å². The number of rotatable bonds is 1. The summed E-state index contributed by atoms with van der Waals surface area (Å²) in [7, 11) is 0. The lowest BCUT2D eigenvalue weighted by Gasteiger charge is -2.08. The fraction of sp³-hybridized carbons (Fsp3) is 0.0769. The smallest absolute Gasteiger partial charge is 0.123 e. The van der Waals surface area contributed by atoms with E-state index in [1.54, 1.807) is 18.2 Å². The van der Waals surface area contributed by atoms with Crippen LogP contribution in [0.3, 0.4) is 0 Å². The minimum Gasteiger partial charge on any atom is -0.507 e. The van der Waals surface area contributed by atoms with Crippen LogP contribution in [0.1, 0.15) is 5.56 Å². The van der Waals surface area contributed by atoms with Gasteiger partial charge in [0.15, 0.2) is 0 Å². The number of aromatic hydroxyl groups is 1.